The zero-order chi connectivity index (χ0) is 18.4. The Bertz CT molecular complexity index is 389. The van der Waals surface area contributed by atoms with Gasteiger partial charge in [0.1, 0.15) is 12.6 Å². The van der Waals surface area contributed by atoms with E-state index in [-0.39, 0.29) is 17.6 Å². The number of nitrogens with zero attached hydrogens (tertiary/aromatic N) is 1. The molecule has 0 aromatic carbocycles. The van der Waals surface area contributed by atoms with Crippen molar-refractivity contribution in [2.45, 2.75) is 92.0 Å². The zero-order valence-electron chi connectivity index (χ0n) is 16.5. The third kappa shape index (κ3) is 5.61. The third-order valence-electron chi connectivity index (χ3n) is 5.05. The van der Waals surface area contributed by atoms with Gasteiger partial charge in [0, 0.05) is 12.0 Å². The minimum absolute atomic E-state index is 0.0189. The molecule has 0 aliphatic rings. The lowest BCUT2D eigenvalue weighted by Gasteiger charge is -2.57. The molecule has 1 N–H and O–H groups in total. The predicted octanol–water partition coefficient (Wildman–Crippen LogP) is 3.68. The molecule has 136 valence electrons. The summed E-state index contributed by atoms with van der Waals surface area (Å²) >= 11 is 0. The summed E-state index contributed by atoms with van der Waals surface area (Å²) in [5.41, 5.74) is 0.419. The average molecular weight is 329 g/mol. The molecule has 0 saturated carbocycles. The molecule has 4 heteroatoms. The van der Waals surface area contributed by atoms with Gasteiger partial charge in [-0.15, -0.1) is 0 Å². The fraction of sp³-hybridized carbons (Fsp3) is 0.842. The van der Waals surface area contributed by atoms with Crippen LogP contribution in [-0.4, -0.2) is 52.4 Å². The van der Waals surface area contributed by atoms with Crippen LogP contribution in [0.15, 0.2) is 12.2 Å². The van der Waals surface area contributed by atoms with Crippen molar-refractivity contribution in [2.24, 2.45) is 0 Å². The Morgan fingerprint density at radius 3 is 2.00 bits per heavy atom. The van der Waals surface area contributed by atoms with E-state index in [0.717, 1.165) is 23.9 Å². The molecule has 0 saturated heterocycles. The molecule has 0 aromatic heterocycles. The first-order valence-corrected chi connectivity index (χ1v) is 8.76. The molecule has 0 fully saturated rings. The zero-order valence-corrected chi connectivity index (χ0v) is 16.5. The van der Waals surface area contributed by atoms with E-state index in [1.807, 2.05) is 6.92 Å². The van der Waals surface area contributed by atoms with Crippen molar-refractivity contribution in [3.05, 3.63) is 12.2 Å². The van der Waals surface area contributed by atoms with Crippen molar-refractivity contribution in [3.63, 3.8) is 0 Å². The minimum Gasteiger partial charge on any atom is -0.462 e. The molecule has 0 aromatic rings. The molecule has 4 nitrogen and oxygen atoms in total. The molecule has 0 heterocycles. The van der Waals surface area contributed by atoms with Crippen molar-refractivity contribution in [1.29, 1.82) is 0 Å². The van der Waals surface area contributed by atoms with E-state index in [0.29, 0.717) is 24.3 Å². The van der Waals surface area contributed by atoms with E-state index in [2.05, 4.69) is 48.1 Å². The maximum atomic E-state index is 11.5. The summed E-state index contributed by atoms with van der Waals surface area (Å²) in [4.78, 5) is 11.5. The third-order valence-corrected chi connectivity index (χ3v) is 5.05. The van der Waals surface area contributed by atoms with Crippen LogP contribution in [-0.2, 0) is 9.53 Å². The molecule has 1 unspecified atom stereocenters. The Hall–Kier alpha value is -0.870. The van der Waals surface area contributed by atoms with Crippen LogP contribution in [0.5, 0.6) is 0 Å². The lowest BCUT2D eigenvalue weighted by molar-refractivity contribution is -1.01. The van der Waals surface area contributed by atoms with Crippen LogP contribution in [0.3, 0.4) is 0 Å². The number of aliphatic hydroxyl groups is 1. The van der Waals surface area contributed by atoms with E-state index < -0.39 is 0 Å². The summed E-state index contributed by atoms with van der Waals surface area (Å²) in [5, 5.41) is 10.1. The second-order valence-corrected chi connectivity index (χ2v) is 7.98. The SMILES string of the molecule is C=C(C)C(=O)OCCCC(C)(C)[N+](CC(C)O)(C(C)C)C(C)C. The molecule has 0 rings (SSSR count). The molecule has 0 spiro atoms. The van der Waals surface area contributed by atoms with E-state index in [1.165, 1.54) is 0 Å². The van der Waals surface area contributed by atoms with Gasteiger partial charge in [-0.2, -0.15) is 0 Å². The highest BCUT2D eigenvalue weighted by molar-refractivity contribution is 5.86. The maximum Gasteiger partial charge on any atom is 0.333 e. The van der Waals surface area contributed by atoms with Crippen LogP contribution in [0.2, 0.25) is 0 Å². The number of carbonyl (C=O) groups is 1. The van der Waals surface area contributed by atoms with Gasteiger partial charge in [-0.3, -0.25) is 0 Å². The Labute approximate surface area is 143 Å². The Kier molecular flexibility index (Phi) is 8.50. The number of esters is 1. The smallest absolute Gasteiger partial charge is 0.333 e. The first-order chi connectivity index (χ1) is 10.4. The first-order valence-electron chi connectivity index (χ1n) is 8.76. The molecular formula is C19H38NO3+. The molecule has 0 amide bonds. The van der Waals surface area contributed by atoms with Crippen LogP contribution in [0, 0.1) is 0 Å². The lowest BCUT2D eigenvalue weighted by atomic mass is 9.87. The van der Waals surface area contributed by atoms with Crippen molar-refractivity contribution >= 4 is 5.97 Å². The van der Waals surface area contributed by atoms with Gasteiger partial charge in [0.05, 0.1) is 24.2 Å². The summed E-state index contributed by atoms with van der Waals surface area (Å²) in [6, 6.07) is 0.801. The highest BCUT2D eigenvalue weighted by atomic mass is 16.5. The van der Waals surface area contributed by atoms with E-state index in [1.54, 1.807) is 6.92 Å². The number of aliphatic hydroxyl groups excluding tert-OH is 1. The van der Waals surface area contributed by atoms with Crippen molar-refractivity contribution < 1.29 is 19.1 Å². The van der Waals surface area contributed by atoms with Gasteiger partial charge in [0.25, 0.3) is 0 Å². The van der Waals surface area contributed by atoms with E-state index in [4.69, 9.17) is 4.74 Å². The number of carbonyl (C=O) groups excluding carboxylic acids is 1. The van der Waals surface area contributed by atoms with Crippen LogP contribution >= 0.6 is 0 Å². The number of rotatable bonds is 10. The summed E-state index contributed by atoms with van der Waals surface area (Å²) in [6.07, 6.45) is 1.39. The van der Waals surface area contributed by atoms with Gasteiger partial charge in [-0.25, -0.2) is 4.79 Å². The van der Waals surface area contributed by atoms with Gasteiger partial charge < -0.3 is 14.3 Å². The highest BCUT2D eigenvalue weighted by Crippen LogP contribution is 2.36. The highest BCUT2D eigenvalue weighted by Gasteiger charge is 2.48. The quantitative estimate of drug-likeness (QED) is 0.288. The fourth-order valence-corrected chi connectivity index (χ4v) is 4.10. The van der Waals surface area contributed by atoms with Gasteiger partial charge in [0.15, 0.2) is 0 Å². The maximum absolute atomic E-state index is 11.5. The number of ether oxygens (including phenoxy) is 1. The molecule has 0 aliphatic carbocycles. The molecule has 23 heavy (non-hydrogen) atoms. The van der Waals surface area contributed by atoms with Crippen molar-refractivity contribution in [2.75, 3.05) is 13.2 Å². The fourth-order valence-electron chi connectivity index (χ4n) is 4.10. The average Bonchev–Trinajstić information content (AvgIpc) is 2.39. The van der Waals surface area contributed by atoms with Gasteiger partial charge >= 0.3 is 5.97 Å². The van der Waals surface area contributed by atoms with Crippen LogP contribution in [0.25, 0.3) is 0 Å². The number of quaternary nitrogens is 1. The normalized spacial score (nSPS) is 14.2. The molecule has 1 atom stereocenters. The second kappa shape index (κ2) is 8.84. The molecular weight excluding hydrogens is 290 g/mol. The van der Waals surface area contributed by atoms with Crippen LogP contribution < -0.4 is 0 Å². The predicted molar refractivity (Wildman–Crippen MR) is 96.2 cm³/mol. The van der Waals surface area contributed by atoms with E-state index >= 15 is 0 Å². The monoisotopic (exact) mass is 328 g/mol. The summed E-state index contributed by atoms with van der Waals surface area (Å²) < 4.78 is 6.07. The summed E-state index contributed by atoms with van der Waals surface area (Å²) in [6.45, 7) is 21.7. The molecule has 0 bridgehead atoms. The number of hydrogen-bond donors (Lipinski definition) is 1. The Morgan fingerprint density at radius 2 is 1.65 bits per heavy atom. The Morgan fingerprint density at radius 1 is 1.17 bits per heavy atom. The summed E-state index contributed by atoms with van der Waals surface area (Å²) in [5.74, 6) is -0.319. The van der Waals surface area contributed by atoms with Gasteiger partial charge in [-0.05, 0) is 61.8 Å². The molecule has 0 radical (unpaired) electrons. The first kappa shape index (κ1) is 22.1. The number of hydrogen-bond acceptors (Lipinski definition) is 3. The Balaban J connectivity index is 5.06. The van der Waals surface area contributed by atoms with Gasteiger partial charge in [-0.1, -0.05) is 6.58 Å². The lowest BCUT2D eigenvalue weighted by Crippen LogP contribution is -2.70. The summed E-state index contributed by atoms with van der Waals surface area (Å²) in [7, 11) is 0. The van der Waals surface area contributed by atoms with E-state index in [9.17, 15) is 9.90 Å². The minimum atomic E-state index is -0.347. The van der Waals surface area contributed by atoms with Crippen molar-refractivity contribution in [3.8, 4) is 0 Å². The van der Waals surface area contributed by atoms with Gasteiger partial charge in [0.2, 0.25) is 0 Å². The van der Waals surface area contributed by atoms with Crippen LogP contribution in [0.1, 0.15) is 68.2 Å². The molecule has 0 aliphatic heterocycles. The second-order valence-electron chi connectivity index (χ2n) is 7.98. The topological polar surface area (TPSA) is 46.5 Å². The van der Waals surface area contributed by atoms with Crippen LogP contribution in [0.4, 0.5) is 0 Å². The van der Waals surface area contributed by atoms with Crippen molar-refractivity contribution in [1.82, 2.24) is 0 Å². The largest absolute Gasteiger partial charge is 0.462 e. The standard InChI is InChI=1S/C19H38NO3/c1-14(2)18(22)23-12-10-11-19(8,9)20(15(3)4,16(5)6)13-17(7)21/h15-17,21H,1,10-13H2,2-9H3/q+1.